The molecule has 0 aromatic heterocycles. The Kier molecular flexibility index (Phi) is 3.39. The molecule has 0 aliphatic heterocycles. The van der Waals surface area contributed by atoms with Crippen LogP contribution in [0.5, 0.6) is 0 Å². The van der Waals surface area contributed by atoms with Crippen LogP contribution in [0.3, 0.4) is 0 Å². The molecular formula is C17H30N2O. The first-order valence-corrected chi connectivity index (χ1v) is 8.40. The fraction of sp³-hybridized carbons (Fsp3) is 0.941. The van der Waals surface area contributed by atoms with E-state index >= 15 is 0 Å². The Morgan fingerprint density at radius 3 is 2.25 bits per heavy atom. The molecule has 114 valence electrons. The van der Waals surface area contributed by atoms with Gasteiger partial charge in [-0.15, -0.1) is 0 Å². The highest BCUT2D eigenvalue weighted by atomic mass is 16.2. The van der Waals surface area contributed by atoms with Gasteiger partial charge in [0.05, 0.1) is 0 Å². The van der Waals surface area contributed by atoms with Gasteiger partial charge in [0, 0.05) is 18.0 Å². The lowest BCUT2D eigenvalue weighted by Gasteiger charge is -2.40. The summed E-state index contributed by atoms with van der Waals surface area (Å²) in [5, 5.41) is 3.41. The summed E-state index contributed by atoms with van der Waals surface area (Å²) in [7, 11) is 0. The quantitative estimate of drug-likeness (QED) is 0.816. The highest BCUT2D eigenvalue weighted by molar-refractivity contribution is 5.79. The maximum Gasteiger partial charge on any atom is 0.223 e. The molecule has 3 rings (SSSR count). The van der Waals surface area contributed by atoms with Crippen molar-refractivity contribution in [1.82, 2.24) is 5.32 Å². The van der Waals surface area contributed by atoms with Gasteiger partial charge in [0.25, 0.3) is 0 Å². The highest BCUT2D eigenvalue weighted by Crippen LogP contribution is 2.65. The molecule has 0 aromatic rings. The Hall–Kier alpha value is -0.570. The van der Waals surface area contributed by atoms with Crippen molar-refractivity contribution in [3.8, 4) is 0 Å². The van der Waals surface area contributed by atoms with Crippen LogP contribution in [0.25, 0.3) is 0 Å². The van der Waals surface area contributed by atoms with Crippen molar-refractivity contribution < 1.29 is 4.79 Å². The lowest BCUT2D eigenvalue weighted by atomic mass is 9.69. The molecule has 0 radical (unpaired) electrons. The number of nitrogens with one attached hydrogen (secondary N) is 1. The number of hydrogen-bond donors (Lipinski definition) is 2. The minimum atomic E-state index is 0.209. The second-order valence-electron chi connectivity index (χ2n) is 8.28. The number of nitrogens with two attached hydrogens (primary N) is 1. The smallest absolute Gasteiger partial charge is 0.223 e. The Morgan fingerprint density at radius 1 is 1.10 bits per heavy atom. The van der Waals surface area contributed by atoms with E-state index in [2.05, 4.69) is 26.1 Å². The van der Waals surface area contributed by atoms with Crippen molar-refractivity contribution in [2.24, 2.45) is 28.4 Å². The second-order valence-corrected chi connectivity index (χ2v) is 8.28. The third-order valence-corrected chi connectivity index (χ3v) is 7.25. The average Bonchev–Trinajstić information content (AvgIpc) is 2.72. The molecular weight excluding hydrogens is 248 g/mol. The largest absolute Gasteiger partial charge is 0.353 e. The molecule has 3 aliphatic rings. The molecule has 3 aliphatic carbocycles. The van der Waals surface area contributed by atoms with Gasteiger partial charge >= 0.3 is 0 Å². The van der Waals surface area contributed by atoms with Gasteiger partial charge in [0.1, 0.15) is 0 Å². The van der Waals surface area contributed by atoms with Crippen LogP contribution in [-0.2, 0) is 4.79 Å². The molecule has 0 spiro atoms. The van der Waals surface area contributed by atoms with E-state index in [0.717, 1.165) is 31.6 Å². The van der Waals surface area contributed by atoms with E-state index in [1.807, 2.05) is 0 Å². The van der Waals surface area contributed by atoms with E-state index in [-0.39, 0.29) is 5.92 Å². The van der Waals surface area contributed by atoms with Crippen LogP contribution in [0.4, 0.5) is 0 Å². The van der Waals surface area contributed by atoms with Crippen LogP contribution in [0.15, 0.2) is 0 Å². The molecule has 0 heterocycles. The lowest BCUT2D eigenvalue weighted by Crippen LogP contribution is -2.49. The molecule has 3 nitrogen and oxygen atoms in total. The van der Waals surface area contributed by atoms with Gasteiger partial charge < -0.3 is 11.1 Å². The van der Waals surface area contributed by atoms with Gasteiger partial charge in [-0.1, -0.05) is 20.8 Å². The number of carbonyl (C=O) groups excluding carboxylic acids is 1. The van der Waals surface area contributed by atoms with Crippen LogP contribution >= 0.6 is 0 Å². The van der Waals surface area contributed by atoms with E-state index in [1.54, 1.807) is 0 Å². The van der Waals surface area contributed by atoms with Gasteiger partial charge in [-0.25, -0.2) is 0 Å². The Bertz CT molecular complexity index is 398. The predicted molar refractivity (Wildman–Crippen MR) is 81.1 cm³/mol. The van der Waals surface area contributed by atoms with Crippen molar-refractivity contribution in [3.63, 3.8) is 0 Å². The summed E-state index contributed by atoms with van der Waals surface area (Å²) in [5.74, 6) is 1.30. The van der Waals surface area contributed by atoms with E-state index in [9.17, 15) is 4.79 Å². The maximum absolute atomic E-state index is 12.5. The number of rotatable bonds is 2. The van der Waals surface area contributed by atoms with Gasteiger partial charge in [-0.05, 0) is 61.7 Å². The molecule has 3 atom stereocenters. The summed E-state index contributed by atoms with van der Waals surface area (Å²) in [5.41, 5.74) is 6.60. The van der Waals surface area contributed by atoms with Crippen molar-refractivity contribution in [3.05, 3.63) is 0 Å². The molecule has 3 heteroatoms. The Labute approximate surface area is 123 Å². The number of fused-ring (bicyclic) bond motifs is 2. The third kappa shape index (κ3) is 2.01. The summed E-state index contributed by atoms with van der Waals surface area (Å²) >= 11 is 0. The van der Waals surface area contributed by atoms with Crippen LogP contribution in [0, 0.1) is 22.7 Å². The topological polar surface area (TPSA) is 55.1 Å². The molecule has 20 heavy (non-hydrogen) atoms. The van der Waals surface area contributed by atoms with Crippen LogP contribution in [0.2, 0.25) is 0 Å². The number of carbonyl (C=O) groups is 1. The van der Waals surface area contributed by atoms with Gasteiger partial charge in [0.15, 0.2) is 0 Å². The monoisotopic (exact) mass is 278 g/mol. The first-order chi connectivity index (χ1) is 9.34. The third-order valence-electron chi connectivity index (χ3n) is 7.25. The van der Waals surface area contributed by atoms with Crippen LogP contribution in [-0.4, -0.2) is 18.0 Å². The fourth-order valence-corrected chi connectivity index (χ4v) is 5.09. The van der Waals surface area contributed by atoms with E-state index in [4.69, 9.17) is 5.73 Å². The second kappa shape index (κ2) is 4.72. The van der Waals surface area contributed by atoms with Crippen molar-refractivity contribution >= 4 is 5.91 Å². The average molecular weight is 278 g/mol. The number of amides is 1. The molecule has 0 aromatic carbocycles. The van der Waals surface area contributed by atoms with Gasteiger partial charge in [0.2, 0.25) is 5.91 Å². The zero-order chi connectivity index (χ0) is 14.5. The summed E-state index contributed by atoms with van der Waals surface area (Å²) < 4.78 is 0. The Morgan fingerprint density at radius 2 is 1.75 bits per heavy atom. The summed E-state index contributed by atoms with van der Waals surface area (Å²) in [6.07, 6.45) is 7.76. The molecule has 3 saturated carbocycles. The van der Waals surface area contributed by atoms with Gasteiger partial charge in [-0.3, -0.25) is 4.79 Å². The normalized spacial score (nSPS) is 46.4. The zero-order valence-electron chi connectivity index (χ0n) is 13.2. The zero-order valence-corrected chi connectivity index (χ0v) is 13.2. The minimum absolute atomic E-state index is 0.209. The SMILES string of the molecule is CC1(C)C2CCC1(C)C(NC(=O)C1CCC(N)CC1)C2. The first kappa shape index (κ1) is 14.4. The molecule has 0 saturated heterocycles. The lowest BCUT2D eigenvalue weighted by molar-refractivity contribution is -0.127. The van der Waals surface area contributed by atoms with E-state index in [0.29, 0.717) is 28.8 Å². The molecule has 3 fully saturated rings. The van der Waals surface area contributed by atoms with Crippen molar-refractivity contribution in [1.29, 1.82) is 0 Å². The van der Waals surface area contributed by atoms with E-state index in [1.165, 1.54) is 19.3 Å². The van der Waals surface area contributed by atoms with Crippen LogP contribution in [0.1, 0.15) is 65.7 Å². The first-order valence-electron chi connectivity index (χ1n) is 8.40. The standard InChI is InChI=1S/C17H30N2O/c1-16(2)12-8-9-17(16,3)14(10-12)19-15(20)11-4-6-13(18)7-5-11/h11-14H,4-10,18H2,1-3H3,(H,19,20). The van der Waals surface area contributed by atoms with Crippen molar-refractivity contribution in [2.45, 2.75) is 77.8 Å². The predicted octanol–water partition coefficient (Wildman–Crippen LogP) is 2.83. The number of hydrogen-bond acceptors (Lipinski definition) is 2. The van der Waals surface area contributed by atoms with E-state index < -0.39 is 0 Å². The summed E-state index contributed by atoms with van der Waals surface area (Å²) in [6.45, 7) is 7.19. The Balaban J connectivity index is 1.63. The minimum Gasteiger partial charge on any atom is -0.353 e. The maximum atomic E-state index is 12.5. The molecule has 1 amide bonds. The molecule has 3 N–H and O–H groups in total. The molecule has 3 unspecified atom stereocenters. The van der Waals surface area contributed by atoms with Gasteiger partial charge in [-0.2, -0.15) is 0 Å². The fourth-order valence-electron chi connectivity index (χ4n) is 5.09. The highest BCUT2D eigenvalue weighted by Gasteiger charge is 2.61. The van der Waals surface area contributed by atoms with Crippen molar-refractivity contribution in [2.75, 3.05) is 0 Å². The summed E-state index contributed by atoms with van der Waals surface area (Å²) in [4.78, 5) is 12.5. The van der Waals surface area contributed by atoms with Crippen LogP contribution < -0.4 is 11.1 Å². The summed E-state index contributed by atoms with van der Waals surface area (Å²) in [6, 6.07) is 0.706. The molecule has 2 bridgehead atoms.